The fourth-order valence-corrected chi connectivity index (χ4v) is 2.38. The molecule has 1 aromatic rings. The highest BCUT2D eigenvalue weighted by molar-refractivity contribution is 14.0. The third-order valence-electron chi connectivity index (χ3n) is 2.48. The maximum absolute atomic E-state index is 4.61. The summed E-state index contributed by atoms with van der Waals surface area (Å²) in [7, 11) is 0. The topological polar surface area (TPSA) is 36.4 Å². The molecule has 0 saturated heterocycles. The van der Waals surface area contributed by atoms with Crippen LogP contribution in [-0.4, -0.2) is 19.0 Å². The van der Waals surface area contributed by atoms with Gasteiger partial charge in [-0.2, -0.15) is 0 Å². The highest BCUT2D eigenvalue weighted by Crippen LogP contribution is 2.17. The Morgan fingerprint density at radius 3 is 2.42 bits per heavy atom. The molecule has 0 atom stereocenters. The Labute approximate surface area is 138 Å². The second-order valence-corrected chi connectivity index (χ2v) is 5.94. The molecule has 0 amide bonds. The van der Waals surface area contributed by atoms with E-state index < -0.39 is 0 Å². The van der Waals surface area contributed by atoms with Crippen molar-refractivity contribution >= 4 is 41.3 Å². The van der Waals surface area contributed by atoms with E-state index in [0.717, 1.165) is 32.0 Å². The van der Waals surface area contributed by atoms with E-state index in [4.69, 9.17) is 0 Å². The van der Waals surface area contributed by atoms with E-state index in [9.17, 15) is 0 Å². The lowest BCUT2D eigenvalue weighted by Gasteiger charge is -2.12. The van der Waals surface area contributed by atoms with E-state index in [1.54, 1.807) is 0 Å². The van der Waals surface area contributed by atoms with Crippen LogP contribution in [0.3, 0.4) is 0 Å². The molecule has 0 saturated carbocycles. The van der Waals surface area contributed by atoms with Gasteiger partial charge in [0.05, 0.1) is 6.54 Å². The molecule has 2 N–H and O–H groups in total. The number of hydrogen-bond donors (Lipinski definition) is 2. The first-order chi connectivity index (χ1) is 8.65. The monoisotopic (exact) mass is 395 g/mol. The molecule has 0 aliphatic heterocycles. The molecule has 0 aromatic carbocycles. The van der Waals surface area contributed by atoms with Gasteiger partial charge in [0.2, 0.25) is 0 Å². The number of nitrogens with one attached hydrogen (secondary N) is 2. The molecule has 0 radical (unpaired) electrons. The fourth-order valence-electron chi connectivity index (χ4n) is 1.50. The van der Waals surface area contributed by atoms with E-state index in [2.05, 4.69) is 55.5 Å². The normalized spacial score (nSPS) is 11.3. The molecule has 0 aliphatic rings. The number of hydrogen-bond acceptors (Lipinski definition) is 2. The zero-order valence-electron chi connectivity index (χ0n) is 12.3. The third-order valence-corrected chi connectivity index (χ3v) is 3.70. The summed E-state index contributed by atoms with van der Waals surface area (Å²) in [5, 5.41) is 6.63. The second kappa shape index (κ2) is 10.5. The summed E-state index contributed by atoms with van der Waals surface area (Å²) >= 11 is 1.85. The van der Waals surface area contributed by atoms with Crippen molar-refractivity contribution in [1.29, 1.82) is 0 Å². The van der Waals surface area contributed by atoms with Gasteiger partial charge in [0.25, 0.3) is 0 Å². The number of aryl methyl sites for hydroxylation is 1. The largest absolute Gasteiger partial charge is 0.357 e. The van der Waals surface area contributed by atoms with E-state index in [0.29, 0.717) is 5.92 Å². The lowest BCUT2D eigenvalue weighted by Crippen LogP contribution is -2.39. The van der Waals surface area contributed by atoms with Crippen molar-refractivity contribution in [2.24, 2.45) is 10.9 Å². The summed E-state index contributed by atoms with van der Waals surface area (Å²) in [5.41, 5.74) is 0. The molecule has 19 heavy (non-hydrogen) atoms. The van der Waals surface area contributed by atoms with Crippen LogP contribution in [0.2, 0.25) is 0 Å². The summed E-state index contributed by atoms with van der Waals surface area (Å²) in [6.45, 7) is 11.3. The predicted octanol–water partition coefficient (Wildman–Crippen LogP) is 3.64. The van der Waals surface area contributed by atoms with Crippen molar-refractivity contribution in [3.63, 3.8) is 0 Å². The summed E-state index contributed by atoms with van der Waals surface area (Å²) in [4.78, 5) is 7.37. The Morgan fingerprint density at radius 1 is 1.21 bits per heavy atom. The van der Waals surface area contributed by atoms with E-state index >= 15 is 0 Å². The average molecular weight is 395 g/mol. The van der Waals surface area contributed by atoms with Crippen molar-refractivity contribution in [2.45, 2.75) is 40.7 Å². The molecule has 0 fully saturated rings. The zero-order valence-corrected chi connectivity index (χ0v) is 15.5. The molecule has 1 heterocycles. The van der Waals surface area contributed by atoms with E-state index in [1.165, 1.54) is 9.75 Å². The van der Waals surface area contributed by atoms with Gasteiger partial charge in [-0.3, -0.25) is 0 Å². The molecular formula is C14H26IN3S. The minimum absolute atomic E-state index is 0. The lowest BCUT2D eigenvalue weighted by molar-refractivity contribution is 0.615. The van der Waals surface area contributed by atoms with Gasteiger partial charge in [0.1, 0.15) is 0 Å². The van der Waals surface area contributed by atoms with Gasteiger partial charge in [-0.1, -0.05) is 20.8 Å². The Bertz CT molecular complexity index is 375. The first kappa shape index (κ1) is 18.7. The van der Waals surface area contributed by atoms with Gasteiger partial charge in [-0.25, -0.2) is 4.99 Å². The van der Waals surface area contributed by atoms with Gasteiger partial charge in [-0.15, -0.1) is 35.3 Å². The maximum Gasteiger partial charge on any atom is 0.191 e. The standard InChI is InChI=1S/C14H25N3S.HI/c1-5-12-7-8-13(18-12)10-17-14(15-6-2)16-9-11(3)4;/h7-8,11H,5-6,9-10H2,1-4H3,(H2,15,16,17);1H. The Kier molecular flexibility index (Phi) is 10.3. The van der Waals surface area contributed by atoms with Crippen LogP contribution in [0.25, 0.3) is 0 Å². The van der Waals surface area contributed by atoms with Gasteiger partial charge >= 0.3 is 0 Å². The molecule has 5 heteroatoms. The first-order valence-corrected chi connectivity index (χ1v) is 7.57. The van der Waals surface area contributed by atoms with Crippen molar-refractivity contribution < 1.29 is 0 Å². The molecule has 0 aliphatic carbocycles. The molecular weight excluding hydrogens is 369 g/mol. The average Bonchev–Trinajstić information content (AvgIpc) is 2.80. The number of rotatable bonds is 6. The van der Waals surface area contributed by atoms with E-state index in [-0.39, 0.29) is 24.0 Å². The number of nitrogens with zero attached hydrogens (tertiary/aromatic N) is 1. The van der Waals surface area contributed by atoms with Crippen LogP contribution in [0.15, 0.2) is 17.1 Å². The van der Waals surface area contributed by atoms with Crippen LogP contribution in [0, 0.1) is 5.92 Å². The van der Waals surface area contributed by atoms with Crippen LogP contribution >= 0.6 is 35.3 Å². The van der Waals surface area contributed by atoms with Crippen molar-refractivity contribution in [2.75, 3.05) is 13.1 Å². The highest BCUT2D eigenvalue weighted by atomic mass is 127. The smallest absolute Gasteiger partial charge is 0.191 e. The Balaban J connectivity index is 0.00000324. The Morgan fingerprint density at radius 2 is 1.89 bits per heavy atom. The molecule has 0 bridgehead atoms. The molecule has 0 unspecified atom stereocenters. The van der Waals surface area contributed by atoms with Crippen LogP contribution in [0.4, 0.5) is 0 Å². The molecule has 110 valence electrons. The summed E-state index contributed by atoms with van der Waals surface area (Å²) < 4.78 is 0. The predicted molar refractivity (Wildman–Crippen MR) is 96.8 cm³/mol. The van der Waals surface area contributed by atoms with Crippen molar-refractivity contribution in [1.82, 2.24) is 10.6 Å². The van der Waals surface area contributed by atoms with Gasteiger partial charge in [-0.05, 0) is 31.4 Å². The van der Waals surface area contributed by atoms with E-state index in [1.807, 2.05) is 11.3 Å². The number of aliphatic imine (C=N–C) groups is 1. The first-order valence-electron chi connectivity index (χ1n) is 6.75. The number of guanidine groups is 1. The number of halogens is 1. The van der Waals surface area contributed by atoms with Crippen LogP contribution < -0.4 is 10.6 Å². The Hall–Kier alpha value is -0.300. The van der Waals surface area contributed by atoms with Crippen molar-refractivity contribution in [3.05, 3.63) is 21.9 Å². The highest BCUT2D eigenvalue weighted by Gasteiger charge is 2.01. The molecule has 0 spiro atoms. The summed E-state index contributed by atoms with van der Waals surface area (Å²) in [6, 6.07) is 4.38. The van der Waals surface area contributed by atoms with Crippen LogP contribution in [-0.2, 0) is 13.0 Å². The lowest BCUT2D eigenvalue weighted by atomic mass is 10.2. The maximum atomic E-state index is 4.61. The van der Waals surface area contributed by atoms with Gasteiger partial charge < -0.3 is 10.6 Å². The summed E-state index contributed by atoms with van der Waals surface area (Å²) in [6.07, 6.45) is 1.11. The molecule has 1 rings (SSSR count). The number of thiophene rings is 1. The molecule has 1 aromatic heterocycles. The van der Waals surface area contributed by atoms with Crippen molar-refractivity contribution in [3.8, 4) is 0 Å². The summed E-state index contributed by atoms with van der Waals surface area (Å²) in [5.74, 6) is 1.54. The third kappa shape index (κ3) is 7.77. The minimum atomic E-state index is 0. The van der Waals surface area contributed by atoms with Crippen LogP contribution in [0.1, 0.15) is 37.4 Å². The fraction of sp³-hybridized carbons (Fsp3) is 0.643. The minimum Gasteiger partial charge on any atom is -0.357 e. The SMILES string of the molecule is CCNC(=NCc1ccc(CC)s1)NCC(C)C.I. The quantitative estimate of drug-likeness (QED) is 0.438. The van der Waals surface area contributed by atoms with Gasteiger partial charge in [0, 0.05) is 22.8 Å². The molecule has 3 nitrogen and oxygen atoms in total. The zero-order chi connectivity index (χ0) is 13.4. The van der Waals surface area contributed by atoms with Crippen LogP contribution in [0.5, 0.6) is 0 Å². The second-order valence-electron chi connectivity index (χ2n) is 4.69. The van der Waals surface area contributed by atoms with Gasteiger partial charge in [0.15, 0.2) is 5.96 Å².